The zero-order valence-corrected chi connectivity index (χ0v) is 17.6. The molecule has 0 aliphatic rings. The van der Waals surface area contributed by atoms with Crippen LogP contribution in [-0.4, -0.2) is 26.5 Å². The Labute approximate surface area is 185 Å². The van der Waals surface area contributed by atoms with E-state index in [0.29, 0.717) is 18.7 Å². The zero-order valence-electron chi connectivity index (χ0n) is 17.6. The van der Waals surface area contributed by atoms with Gasteiger partial charge in [-0.15, -0.1) is 0 Å². The molecule has 160 valence electrons. The number of hydrogen-bond donors (Lipinski definition) is 2. The van der Waals surface area contributed by atoms with Gasteiger partial charge in [-0.3, -0.25) is 0 Å². The number of para-hydroxylation sites is 1. The molecule has 0 unspecified atom stereocenters. The molecule has 5 rings (SSSR count). The molecule has 2 aromatic heterocycles. The van der Waals surface area contributed by atoms with Gasteiger partial charge in [0, 0.05) is 34.8 Å². The van der Waals surface area contributed by atoms with Gasteiger partial charge >= 0.3 is 0 Å². The number of aromatic amines is 1. The maximum Gasteiger partial charge on any atom is 0.128 e. The van der Waals surface area contributed by atoms with Gasteiger partial charge in [0.2, 0.25) is 0 Å². The standard InChI is InChI=1S/C26H24FN5/c27-23-12-6-4-10-21(23)18-32-30-25(26(31-32)19-8-2-1-3-9-19)17-28-15-14-20-16-29-24-13-7-5-11-22(20)24/h1-13,16,28-29H,14-15,17-18H2. The van der Waals surface area contributed by atoms with Crippen molar-refractivity contribution in [3.05, 3.63) is 108 Å². The van der Waals surface area contributed by atoms with Gasteiger partial charge in [0.25, 0.3) is 0 Å². The van der Waals surface area contributed by atoms with Crippen LogP contribution in [0.4, 0.5) is 4.39 Å². The number of hydrogen-bond acceptors (Lipinski definition) is 3. The minimum absolute atomic E-state index is 0.246. The monoisotopic (exact) mass is 425 g/mol. The third kappa shape index (κ3) is 4.31. The average Bonchev–Trinajstić information content (AvgIpc) is 3.43. The normalized spacial score (nSPS) is 11.3. The first-order valence-corrected chi connectivity index (χ1v) is 10.8. The molecule has 0 spiro atoms. The third-order valence-corrected chi connectivity index (χ3v) is 5.58. The highest BCUT2D eigenvalue weighted by molar-refractivity contribution is 5.83. The van der Waals surface area contributed by atoms with Crippen LogP contribution in [0.25, 0.3) is 22.2 Å². The Balaban J connectivity index is 1.31. The molecule has 0 saturated heterocycles. The first-order valence-electron chi connectivity index (χ1n) is 10.8. The van der Waals surface area contributed by atoms with Crippen molar-refractivity contribution in [2.45, 2.75) is 19.5 Å². The van der Waals surface area contributed by atoms with Gasteiger partial charge < -0.3 is 10.3 Å². The van der Waals surface area contributed by atoms with Crippen LogP contribution in [0.3, 0.4) is 0 Å². The summed E-state index contributed by atoms with van der Waals surface area (Å²) in [6.07, 6.45) is 2.99. The van der Waals surface area contributed by atoms with Crippen molar-refractivity contribution >= 4 is 10.9 Å². The van der Waals surface area contributed by atoms with Crippen molar-refractivity contribution in [3.8, 4) is 11.3 Å². The van der Waals surface area contributed by atoms with E-state index in [0.717, 1.165) is 35.4 Å². The number of nitrogens with one attached hydrogen (secondary N) is 2. The highest BCUT2D eigenvalue weighted by Gasteiger charge is 2.14. The summed E-state index contributed by atoms with van der Waals surface area (Å²) in [5.41, 5.74) is 5.69. The first-order chi connectivity index (χ1) is 15.8. The summed E-state index contributed by atoms with van der Waals surface area (Å²) in [5, 5.41) is 14.1. The SMILES string of the molecule is Fc1ccccc1Cn1nc(CNCCc2c[nH]c3ccccc23)c(-c2ccccc2)n1. The molecule has 0 radical (unpaired) electrons. The molecule has 2 heterocycles. The molecule has 3 aromatic carbocycles. The molecule has 0 bridgehead atoms. The van der Waals surface area contributed by atoms with Crippen LogP contribution in [0.15, 0.2) is 85.1 Å². The number of benzene rings is 3. The first kappa shape index (κ1) is 20.2. The summed E-state index contributed by atoms with van der Waals surface area (Å²) in [5.74, 6) is -0.246. The lowest BCUT2D eigenvalue weighted by atomic mass is 10.1. The second-order valence-electron chi connectivity index (χ2n) is 7.77. The Bertz CT molecular complexity index is 1320. The van der Waals surface area contributed by atoms with E-state index in [1.54, 1.807) is 16.9 Å². The molecule has 0 atom stereocenters. The van der Waals surface area contributed by atoms with Crippen LogP contribution in [-0.2, 0) is 19.5 Å². The molecule has 32 heavy (non-hydrogen) atoms. The summed E-state index contributed by atoms with van der Waals surface area (Å²) < 4.78 is 14.1. The summed E-state index contributed by atoms with van der Waals surface area (Å²) in [7, 11) is 0. The van der Waals surface area contributed by atoms with Crippen molar-refractivity contribution in [1.29, 1.82) is 0 Å². The fourth-order valence-corrected chi connectivity index (χ4v) is 3.94. The number of fused-ring (bicyclic) bond motifs is 1. The average molecular weight is 426 g/mol. The maximum atomic E-state index is 14.1. The number of halogens is 1. The summed E-state index contributed by atoms with van der Waals surface area (Å²) in [6, 6.07) is 25.1. The van der Waals surface area contributed by atoms with Gasteiger partial charge in [0.05, 0.1) is 6.54 Å². The Morgan fingerprint density at radius 1 is 0.844 bits per heavy atom. The topological polar surface area (TPSA) is 58.5 Å². The molecule has 0 aliphatic carbocycles. The lowest BCUT2D eigenvalue weighted by Gasteiger charge is -2.04. The van der Waals surface area contributed by atoms with Gasteiger partial charge in [-0.1, -0.05) is 66.7 Å². The van der Waals surface area contributed by atoms with E-state index in [2.05, 4.69) is 44.9 Å². The van der Waals surface area contributed by atoms with E-state index in [1.165, 1.54) is 17.0 Å². The van der Waals surface area contributed by atoms with Crippen LogP contribution in [0, 0.1) is 5.82 Å². The number of H-pyrrole nitrogens is 1. The molecule has 5 nitrogen and oxygen atoms in total. The molecule has 2 N–H and O–H groups in total. The Morgan fingerprint density at radius 2 is 1.62 bits per heavy atom. The maximum absolute atomic E-state index is 14.1. The van der Waals surface area contributed by atoms with Crippen molar-refractivity contribution < 1.29 is 4.39 Å². The molecule has 0 amide bonds. The van der Waals surface area contributed by atoms with Gasteiger partial charge in [0.15, 0.2) is 0 Å². The molecule has 0 aliphatic heterocycles. The van der Waals surface area contributed by atoms with Gasteiger partial charge in [-0.05, 0) is 30.7 Å². The zero-order chi connectivity index (χ0) is 21.8. The highest BCUT2D eigenvalue weighted by atomic mass is 19.1. The minimum atomic E-state index is -0.246. The predicted molar refractivity (Wildman–Crippen MR) is 125 cm³/mol. The van der Waals surface area contributed by atoms with E-state index in [9.17, 15) is 4.39 Å². The lowest BCUT2D eigenvalue weighted by Crippen LogP contribution is -2.17. The van der Waals surface area contributed by atoms with E-state index in [4.69, 9.17) is 0 Å². The fraction of sp³-hybridized carbons (Fsp3) is 0.154. The van der Waals surface area contributed by atoms with Crippen LogP contribution in [0.1, 0.15) is 16.8 Å². The van der Waals surface area contributed by atoms with E-state index >= 15 is 0 Å². The highest BCUT2D eigenvalue weighted by Crippen LogP contribution is 2.21. The van der Waals surface area contributed by atoms with Crippen molar-refractivity contribution in [3.63, 3.8) is 0 Å². The second-order valence-corrected chi connectivity index (χ2v) is 7.77. The minimum Gasteiger partial charge on any atom is -0.361 e. The smallest absolute Gasteiger partial charge is 0.128 e. The number of nitrogens with zero attached hydrogens (tertiary/aromatic N) is 3. The van der Waals surface area contributed by atoms with E-state index in [1.807, 2.05) is 42.5 Å². The summed E-state index contributed by atoms with van der Waals surface area (Å²) in [4.78, 5) is 4.91. The van der Waals surface area contributed by atoms with Crippen LogP contribution >= 0.6 is 0 Å². The Kier molecular flexibility index (Phi) is 5.77. The molecule has 5 aromatic rings. The van der Waals surface area contributed by atoms with Gasteiger partial charge in [-0.25, -0.2) is 4.39 Å². The van der Waals surface area contributed by atoms with E-state index < -0.39 is 0 Å². The predicted octanol–water partition coefficient (Wildman–Crippen LogP) is 4.95. The molecule has 0 fully saturated rings. The molecular formula is C26H24FN5. The van der Waals surface area contributed by atoms with Crippen LogP contribution < -0.4 is 5.32 Å². The largest absolute Gasteiger partial charge is 0.361 e. The van der Waals surface area contributed by atoms with Gasteiger partial charge in [0.1, 0.15) is 17.2 Å². The Morgan fingerprint density at radius 3 is 2.50 bits per heavy atom. The number of aromatic nitrogens is 4. The molecule has 0 saturated carbocycles. The summed E-state index contributed by atoms with van der Waals surface area (Å²) in [6.45, 7) is 1.70. The quantitative estimate of drug-likeness (QED) is 0.346. The lowest BCUT2D eigenvalue weighted by molar-refractivity contribution is 0.543. The van der Waals surface area contributed by atoms with Crippen molar-refractivity contribution in [2.24, 2.45) is 0 Å². The summed E-state index contributed by atoms with van der Waals surface area (Å²) >= 11 is 0. The van der Waals surface area contributed by atoms with Gasteiger partial charge in [-0.2, -0.15) is 15.0 Å². The van der Waals surface area contributed by atoms with Crippen LogP contribution in [0.2, 0.25) is 0 Å². The van der Waals surface area contributed by atoms with Crippen LogP contribution in [0.5, 0.6) is 0 Å². The fourth-order valence-electron chi connectivity index (χ4n) is 3.94. The molecular weight excluding hydrogens is 401 g/mol. The molecule has 6 heteroatoms. The van der Waals surface area contributed by atoms with E-state index in [-0.39, 0.29) is 5.82 Å². The Hall–Kier alpha value is -3.77. The second kappa shape index (κ2) is 9.16. The third-order valence-electron chi connectivity index (χ3n) is 5.58. The van der Waals surface area contributed by atoms with Crippen molar-refractivity contribution in [1.82, 2.24) is 25.3 Å². The van der Waals surface area contributed by atoms with Crippen molar-refractivity contribution in [2.75, 3.05) is 6.54 Å². The number of rotatable bonds is 8.